The normalized spacial score (nSPS) is 17.4. The molecule has 0 saturated carbocycles. The van der Waals surface area contributed by atoms with E-state index in [-0.39, 0.29) is 37.7 Å². The second kappa shape index (κ2) is 20.4. The van der Waals surface area contributed by atoms with Crippen molar-refractivity contribution in [3.05, 3.63) is 102 Å². The van der Waals surface area contributed by atoms with Crippen molar-refractivity contribution in [3.8, 4) is 23.6 Å². The first-order valence-electron chi connectivity index (χ1n) is 19.5. The fraction of sp³-hybridized carbons (Fsp3) is 0.419. The summed E-state index contributed by atoms with van der Waals surface area (Å²) in [5, 5.41) is 19.1. The van der Waals surface area contributed by atoms with E-state index in [4.69, 9.17) is 44.0 Å². The molecular formula is C43H51N8O6PS. The number of benzene rings is 3. The molecule has 1 aliphatic rings. The first kappa shape index (κ1) is 43.7. The van der Waals surface area contributed by atoms with Gasteiger partial charge in [-0.05, 0) is 68.7 Å². The molecule has 1 fully saturated rings. The predicted molar refractivity (Wildman–Crippen MR) is 228 cm³/mol. The molecule has 310 valence electrons. The minimum Gasteiger partial charge on any atom is -0.497 e. The Balaban J connectivity index is 1.44. The molecule has 5 aromatic rings. The first-order chi connectivity index (χ1) is 28.6. The van der Waals surface area contributed by atoms with E-state index in [2.05, 4.69) is 66.6 Å². The fourth-order valence-electron chi connectivity index (χ4n) is 7.24. The van der Waals surface area contributed by atoms with Crippen LogP contribution in [0.4, 0.5) is 5.95 Å². The smallest absolute Gasteiger partial charge is 0.259 e. The number of nitrogens with two attached hydrogens (primary N) is 1. The third kappa shape index (κ3) is 9.97. The number of thioether (sulfide) groups is 1. The highest BCUT2D eigenvalue weighted by atomic mass is 32.2. The van der Waals surface area contributed by atoms with Crippen LogP contribution in [0.3, 0.4) is 0 Å². The lowest BCUT2D eigenvalue weighted by atomic mass is 9.80. The summed E-state index contributed by atoms with van der Waals surface area (Å²) in [5.41, 5.74) is 8.87. The van der Waals surface area contributed by atoms with Gasteiger partial charge in [-0.3, -0.25) is 4.57 Å². The Morgan fingerprint density at radius 3 is 2.08 bits per heavy atom. The Kier molecular flexibility index (Phi) is 15.1. The molecule has 16 heteroatoms. The van der Waals surface area contributed by atoms with Crippen LogP contribution in [0.25, 0.3) is 11.2 Å². The van der Waals surface area contributed by atoms with Crippen LogP contribution in [-0.4, -0.2) is 81.7 Å². The predicted octanol–water partition coefficient (Wildman–Crippen LogP) is 8.39. The average molecular weight is 839 g/mol. The maximum atomic E-state index is 9.40. The number of hydrogen-bond donors (Lipinski definition) is 1. The third-order valence-corrected chi connectivity index (χ3v) is 13.0. The van der Waals surface area contributed by atoms with Crippen molar-refractivity contribution in [1.82, 2.24) is 24.2 Å². The summed E-state index contributed by atoms with van der Waals surface area (Å²) in [6.07, 6.45) is 0.921. The van der Waals surface area contributed by atoms with Crippen LogP contribution >= 0.6 is 20.3 Å². The van der Waals surface area contributed by atoms with E-state index in [1.54, 1.807) is 20.5 Å². The Labute approximate surface area is 351 Å². The molecule has 3 heterocycles. The van der Waals surface area contributed by atoms with Gasteiger partial charge in [-0.2, -0.15) is 15.5 Å². The van der Waals surface area contributed by atoms with Crippen molar-refractivity contribution in [2.75, 3.05) is 38.9 Å². The average Bonchev–Trinajstić information content (AvgIpc) is 3.85. The van der Waals surface area contributed by atoms with E-state index in [1.807, 2.05) is 71.3 Å². The summed E-state index contributed by atoms with van der Waals surface area (Å²) in [5.74, 6) is 2.06. The van der Waals surface area contributed by atoms with Crippen LogP contribution in [0, 0.1) is 22.7 Å². The van der Waals surface area contributed by atoms with E-state index in [1.165, 1.54) is 11.8 Å². The molecule has 0 amide bonds. The molecule has 2 aromatic heterocycles. The second-order valence-electron chi connectivity index (χ2n) is 14.3. The van der Waals surface area contributed by atoms with Gasteiger partial charge in [-0.25, -0.2) is 14.6 Å². The fourth-order valence-corrected chi connectivity index (χ4v) is 9.82. The number of aromatic nitrogens is 4. The van der Waals surface area contributed by atoms with Crippen LogP contribution in [0.2, 0.25) is 0 Å². The third-order valence-electron chi connectivity index (χ3n) is 9.88. The van der Waals surface area contributed by atoms with Crippen molar-refractivity contribution in [2.24, 2.45) is 0 Å². The lowest BCUT2D eigenvalue weighted by Gasteiger charge is -2.39. The monoisotopic (exact) mass is 838 g/mol. The first-order valence-corrected chi connectivity index (χ1v) is 21.6. The highest BCUT2D eigenvalue weighted by Gasteiger charge is 2.45. The maximum absolute atomic E-state index is 9.40. The molecule has 6 rings (SSSR count). The molecule has 0 radical (unpaired) electrons. The molecule has 0 aliphatic carbocycles. The van der Waals surface area contributed by atoms with Gasteiger partial charge in [0.05, 0.1) is 58.4 Å². The lowest BCUT2D eigenvalue weighted by Crippen LogP contribution is -2.39. The lowest BCUT2D eigenvalue weighted by molar-refractivity contribution is -0.0912. The van der Waals surface area contributed by atoms with Crippen molar-refractivity contribution in [3.63, 3.8) is 0 Å². The molecule has 0 spiro atoms. The zero-order valence-electron chi connectivity index (χ0n) is 34.2. The minimum absolute atomic E-state index is 0.0844. The van der Waals surface area contributed by atoms with Crippen LogP contribution in [-0.2, 0) is 24.1 Å². The second-order valence-corrected chi connectivity index (χ2v) is 16.8. The highest BCUT2D eigenvalue weighted by molar-refractivity contribution is 7.99. The van der Waals surface area contributed by atoms with Gasteiger partial charge in [-0.15, -0.1) is 11.8 Å². The molecular weight excluding hydrogens is 788 g/mol. The molecule has 14 nitrogen and oxygen atoms in total. The number of methoxy groups -OCH3 is 2. The zero-order valence-corrected chi connectivity index (χ0v) is 35.9. The number of hydrogen-bond acceptors (Lipinski definition) is 14. The van der Waals surface area contributed by atoms with E-state index in [0.29, 0.717) is 46.3 Å². The molecule has 1 aliphatic heterocycles. The number of nitrogen functional groups attached to an aromatic ring is 1. The van der Waals surface area contributed by atoms with Gasteiger partial charge >= 0.3 is 0 Å². The van der Waals surface area contributed by atoms with Crippen LogP contribution in [0.5, 0.6) is 11.5 Å². The van der Waals surface area contributed by atoms with Gasteiger partial charge in [0.1, 0.15) is 40.0 Å². The van der Waals surface area contributed by atoms with Gasteiger partial charge in [0.15, 0.2) is 5.65 Å². The number of rotatable bonds is 20. The van der Waals surface area contributed by atoms with Crippen LogP contribution in [0.1, 0.15) is 69.9 Å². The van der Waals surface area contributed by atoms with E-state index in [9.17, 15) is 5.26 Å². The molecule has 4 atom stereocenters. The number of ether oxygens (including phenoxy) is 4. The largest absolute Gasteiger partial charge is 0.497 e. The van der Waals surface area contributed by atoms with Gasteiger partial charge in [0, 0.05) is 30.7 Å². The van der Waals surface area contributed by atoms with Crippen LogP contribution < -0.4 is 15.2 Å². The van der Waals surface area contributed by atoms with Gasteiger partial charge < -0.3 is 33.7 Å². The topological polar surface area (TPSA) is 176 Å². The van der Waals surface area contributed by atoms with Gasteiger partial charge in [0.2, 0.25) is 5.95 Å². The number of anilines is 1. The number of imidazole rings is 1. The molecule has 1 unspecified atom stereocenters. The van der Waals surface area contributed by atoms with Crippen molar-refractivity contribution in [2.45, 2.75) is 88.1 Å². The summed E-state index contributed by atoms with van der Waals surface area (Å²) in [6, 6.07) is 30.4. The van der Waals surface area contributed by atoms with E-state index in [0.717, 1.165) is 16.7 Å². The van der Waals surface area contributed by atoms with E-state index < -0.39 is 32.6 Å². The Bertz CT molecular complexity index is 2140. The summed E-state index contributed by atoms with van der Waals surface area (Å²) in [4.78, 5) is 13.7. The van der Waals surface area contributed by atoms with E-state index >= 15 is 0 Å². The summed E-state index contributed by atoms with van der Waals surface area (Å²) in [7, 11) is 1.64. The summed E-state index contributed by atoms with van der Waals surface area (Å²) >= 11 is 1.41. The molecule has 2 N–H and O–H groups in total. The highest BCUT2D eigenvalue weighted by Crippen LogP contribution is 2.51. The quantitative estimate of drug-likeness (QED) is 0.0260. The number of fused-ring (bicyclic) bond motifs is 1. The standard InChI is InChI=1S/C43H51N8O6PS/c1-29(2)51(30(3)4)58(55-24-10-22-44)57-36-26-38(50-28-47-39-40(50)48-42(46)49-41(39)59-25-11-23-45)56-37(36)27-54-43(31-12-8-7-9-13-31,32-14-18-34(52-5)19-15-32)33-16-20-35(53-6)21-17-33/h7-9,12-21,28-30,36-38H,10-11,24-27H2,1-6H3,(H2,46,48,49)/t36-,37+,38+,58?/m0/s1. The molecule has 59 heavy (non-hydrogen) atoms. The maximum Gasteiger partial charge on any atom is 0.259 e. The Hall–Kier alpha value is -4.83. The van der Waals surface area contributed by atoms with Gasteiger partial charge in [0.25, 0.3) is 8.53 Å². The summed E-state index contributed by atoms with van der Waals surface area (Å²) in [6.45, 7) is 8.73. The van der Waals surface area contributed by atoms with Crippen LogP contribution in [0.15, 0.2) is 90.2 Å². The molecule has 3 aromatic carbocycles. The Morgan fingerprint density at radius 1 is 0.898 bits per heavy atom. The molecule has 1 saturated heterocycles. The Morgan fingerprint density at radius 2 is 1.51 bits per heavy atom. The van der Waals surface area contributed by atoms with Crippen molar-refractivity contribution >= 4 is 37.4 Å². The SMILES string of the molecule is COc1ccc(C(OC[C@H]2O[C@@H](n3cnc4c(SCCC#N)nc(N)nc43)C[C@@H]2OP(OCCC#N)N(C(C)C)C(C)C)(c2ccccc2)c2ccc(OC)cc2)cc1. The zero-order chi connectivity index (χ0) is 41.9. The molecule has 0 bridgehead atoms. The summed E-state index contributed by atoms with van der Waals surface area (Å²) < 4.78 is 42.9. The number of nitrogens with zero attached hydrogens (tertiary/aromatic N) is 7. The van der Waals surface area contributed by atoms with Gasteiger partial charge in [-0.1, -0.05) is 54.6 Å². The van der Waals surface area contributed by atoms with Crippen molar-refractivity contribution < 1.29 is 28.0 Å². The van der Waals surface area contributed by atoms with Crippen molar-refractivity contribution in [1.29, 1.82) is 10.5 Å². The number of nitriles is 2. The minimum atomic E-state index is -1.65.